The molecule has 0 radical (unpaired) electrons. The summed E-state index contributed by atoms with van der Waals surface area (Å²) >= 11 is 0. The standard InChI is InChI=1S/C39H54O6/c1-32-19-23-7-15-39(32)28(42)18-26-36(33(39,2)12-10-25(32)34(3,31(23)45)30(44)21-40)14-9-24-8-13-35-11-5-4-6-27(41)37(17-16-35,29(43)20-36)38(24,26)22-35/h18,23-25,27,29-31,40-41,43-45H,5,7-17,19-22H2,1-3H3/t23-,24+,25+,27+,29+,30-,31+,32+,33+,34-,35-,36-,37+,38+,39-/m1/s1. The molecule has 0 aliphatic heterocycles. The smallest absolute Gasteiger partial charge is 0.162 e. The highest BCUT2D eigenvalue weighted by atomic mass is 16.3. The third-order valence-corrected chi connectivity index (χ3v) is 18.5. The van der Waals surface area contributed by atoms with Crippen molar-refractivity contribution in [2.45, 2.75) is 141 Å². The molecule has 7 saturated carbocycles. The molecule has 6 heteroatoms. The van der Waals surface area contributed by atoms with Gasteiger partial charge >= 0.3 is 0 Å². The number of fused-ring (bicyclic) bond motifs is 2. The van der Waals surface area contributed by atoms with Crippen LogP contribution < -0.4 is 0 Å². The number of ketones is 1. The van der Waals surface area contributed by atoms with Crippen LogP contribution in [0.1, 0.15) is 117 Å². The number of rotatable bonds is 2. The van der Waals surface area contributed by atoms with Gasteiger partial charge in [-0.25, -0.2) is 0 Å². The molecular formula is C39H54O6. The molecule has 0 amide bonds. The average molecular weight is 619 g/mol. The van der Waals surface area contributed by atoms with Crippen LogP contribution in [0.3, 0.4) is 0 Å². The Morgan fingerprint density at radius 3 is 2.49 bits per heavy atom. The Balaban J connectivity index is 1.30. The minimum absolute atomic E-state index is 0.0207. The summed E-state index contributed by atoms with van der Waals surface area (Å²) < 4.78 is 0. The van der Waals surface area contributed by atoms with Crippen LogP contribution in [0.4, 0.5) is 0 Å². The zero-order valence-electron chi connectivity index (χ0n) is 27.6. The third-order valence-electron chi connectivity index (χ3n) is 18.5. The van der Waals surface area contributed by atoms with Crippen molar-refractivity contribution in [1.29, 1.82) is 0 Å². The molecule has 9 rings (SSSR count). The average Bonchev–Trinajstić information content (AvgIpc) is 3.09. The van der Waals surface area contributed by atoms with Crippen molar-refractivity contribution in [3.8, 4) is 11.8 Å². The fraction of sp³-hybridized carbons (Fsp3) is 0.872. The van der Waals surface area contributed by atoms with Crippen molar-refractivity contribution < 1.29 is 30.3 Å². The zero-order valence-corrected chi connectivity index (χ0v) is 27.6. The molecule has 45 heavy (non-hydrogen) atoms. The molecule has 9 aliphatic rings. The Morgan fingerprint density at radius 2 is 1.71 bits per heavy atom. The number of carbonyl (C=O) groups is 1. The number of aliphatic hydroxyl groups excluding tert-OH is 5. The highest BCUT2D eigenvalue weighted by molar-refractivity contribution is 5.99. The topological polar surface area (TPSA) is 118 Å². The minimum Gasteiger partial charge on any atom is -0.394 e. The maximum absolute atomic E-state index is 15.5. The quantitative estimate of drug-likeness (QED) is 0.287. The molecule has 4 spiro atoms. The summed E-state index contributed by atoms with van der Waals surface area (Å²) in [5.41, 5.74) is -2.48. The lowest BCUT2D eigenvalue weighted by Gasteiger charge is -2.82. The van der Waals surface area contributed by atoms with E-state index < -0.39 is 63.5 Å². The molecule has 6 nitrogen and oxygen atoms in total. The van der Waals surface area contributed by atoms with Crippen LogP contribution in [0, 0.1) is 72.9 Å². The van der Waals surface area contributed by atoms with E-state index in [0.717, 1.165) is 83.5 Å². The Labute approximate surface area is 268 Å². The van der Waals surface area contributed by atoms with Crippen LogP contribution in [0.5, 0.6) is 0 Å². The number of hydrogen-bond acceptors (Lipinski definition) is 6. The van der Waals surface area contributed by atoms with Crippen molar-refractivity contribution in [3.63, 3.8) is 0 Å². The summed E-state index contributed by atoms with van der Waals surface area (Å²) in [6.45, 7) is 6.28. The number of hydrogen-bond donors (Lipinski definition) is 5. The lowest BCUT2D eigenvalue weighted by Crippen LogP contribution is -2.80. The molecule has 0 aromatic rings. The second kappa shape index (κ2) is 8.67. The van der Waals surface area contributed by atoms with Gasteiger partial charge in [-0.05, 0) is 130 Å². The molecule has 0 unspecified atom stereocenters. The van der Waals surface area contributed by atoms with E-state index >= 15 is 4.79 Å². The molecule has 0 heterocycles. The lowest BCUT2D eigenvalue weighted by atomic mass is 9.21. The summed E-state index contributed by atoms with van der Waals surface area (Å²) in [7, 11) is 0. The maximum atomic E-state index is 15.5. The van der Waals surface area contributed by atoms with Gasteiger partial charge < -0.3 is 25.5 Å². The predicted octanol–water partition coefficient (Wildman–Crippen LogP) is 4.69. The van der Waals surface area contributed by atoms with Gasteiger partial charge in [-0.3, -0.25) is 4.79 Å². The summed E-state index contributed by atoms with van der Waals surface area (Å²) in [6, 6.07) is 0. The number of carbonyl (C=O) groups excluding carboxylic acids is 1. The van der Waals surface area contributed by atoms with Crippen LogP contribution >= 0.6 is 0 Å². The minimum atomic E-state index is -1.05. The van der Waals surface area contributed by atoms with E-state index in [1.807, 2.05) is 6.92 Å². The monoisotopic (exact) mass is 618 g/mol. The van der Waals surface area contributed by atoms with Gasteiger partial charge in [0, 0.05) is 33.5 Å². The van der Waals surface area contributed by atoms with Gasteiger partial charge in [0.2, 0.25) is 0 Å². The predicted molar refractivity (Wildman–Crippen MR) is 168 cm³/mol. The Kier molecular flexibility index (Phi) is 5.76. The van der Waals surface area contributed by atoms with Gasteiger partial charge in [-0.15, -0.1) is 5.92 Å². The van der Waals surface area contributed by atoms with E-state index in [1.165, 1.54) is 12.0 Å². The van der Waals surface area contributed by atoms with Crippen molar-refractivity contribution in [3.05, 3.63) is 11.6 Å². The third kappa shape index (κ3) is 2.79. The largest absolute Gasteiger partial charge is 0.394 e. The fourth-order valence-electron chi connectivity index (χ4n) is 16.7. The van der Waals surface area contributed by atoms with Crippen LogP contribution in [0.15, 0.2) is 11.6 Å². The zero-order chi connectivity index (χ0) is 31.6. The normalized spacial score (nSPS) is 60.9. The molecule has 6 bridgehead atoms. The second-order valence-corrected chi connectivity index (χ2v) is 18.7. The van der Waals surface area contributed by atoms with E-state index in [9.17, 15) is 25.5 Å². The van der Waals surface area contributed by atoms with Crippen LogP contribution in [0.25, 0.3) is 0 Å². The van der Waals surface area contributed by atoms with Crippen molar-refractivity contribution in [1.82, 2.24) is 0 Å². The SMILES string of the molecule is C[C@]1([C@H](O)CO)[C@H]2CC[C@@]3(C)[C@]45CC[C@@H]6CC[C@]78CCC#C[C@H](O)[C@@](CC7)([C@@H](O)C4)[C@]6(C8)C5=CC(=O)[C@@]34CC[C@H](C[C@@]24C)[C@@H]1O. The second-order valence-electron chi connectivity index (χ2n) is 18.7. The summed E-state index contributed by atoms with van der Waals surface area (Å²) in [5.74, 6) is 7.05. The fourth-order valence-corrected chi connectivity index (χ4v) is 16.7. The lowest BCUT2D eigenvalue weighted by molar-refractivity contribution is -0.321. The van der Waals surface area contributed by atoms with Gasteiger partial charge in [-0.2, -0.15) is 0 Å². The number of allylic oxidation sites excluding steroid dienone is 2. The summed E-state index contributed by atoms with van der Waals surface area (Å²) in [5, 5.41) is 58.2. The van der Waals surface area contributed by atoms with Crippen molar-refractivity contribution in [2.24, 2.45) is 61.1 Å². The van der Waals surface area contributed by atoms with Gasteiger partial charge in [0.05, 0.1) is 24.9 Å². The molecule has 0 saturated heterocycles. The molecule has 9 aliphatic carbocycles. The maximum Gasteiger partial charge on any atom is 0.162 e. The van der Waals surface area contributed by atoms with Crippen LogP contribution in [0.2, 0.25) is 0 Å². The Hall–Kier alpha value is -1.23. The van der Waals surface area contributed by atoms with Crippen LogP contribution in [-0.4, -0.2) is 62.3 Å². The van der Waals surface area contributed by atoms with Gasteiger partial charge in [-0.1, -0.05) is 32.3 Å². The van der Waals surface area contributed by atoms with Gasteiger partial charge in [0.1, 0.15) is 6.10 Å². The number of aliphatic hydroxyl groups is 5. The molecule has 15 atom stereocenters. The first-order valence-corrected chi connectivity index (χ1v) is 18.4. The highest BCUT2D eigenvalue weighted by Crippen LogP contribution is 2.88. The van der Waals surface area contributed by atoms with Crippen molar-refractivity contribution in [2.75, 3.05) is 6.61 Å². The van der Waals surface area contributed by atoms with Gasteiger partial charge in [0.25, 0.3) is 0 Å². The first-order chi connectivity index (χ1) is 21.3. The van der Waals surface area contributed by atoms with Crippen LogP contribution in [-0.2, 0) is 4.79 Å². The van der Waals surface area contributed by atoms with E-state index in [-0.39, 0.29) is 28.4 Å². The molecular weight excluding hydrogens is 564 g/mol. The Bertz CT molecular complexity index is 1460. The van der Waals surface area contributed by atoms with Gasteiger partial charge in [0.15, 0.2) is 5.78 Å². The van der Waals surface area contributed by atoms with E-state index in [0.29, 0.717) is 12.3 Å². The summed E-state index contributed by atoms with van der Waals surface area (Å²) in [4.78, 5) is 15.5. The molecule has 7 fully saturated rings. The summed E-state index contributed by atoms with van der Waals surface area (Å²) in [6.07, 6.45) is 12.1. The van der Waals surface area contributed by atoms with E-state index in [1.54, 1.807) is 0 Å². The first-order valence-electron chi connectivity index (χ1n) is 18.4. The highest BCUT2D eigenvalue weighted by Gasteiger charge is 2.85. The molecule has 5 N–H and O–H groups in total. The molecule has 246 valence electrons. The van der Waals surface area contributed by atoms with Crippen molar-refractivity contribution >= 4 is 5.78 Å². The Morgan fingerprint density at radius 1 is 0.933 bits per heavy atom. The first kappa shape index (κ1) is 29.9. The van der Waals surface area contributed by atoms with E-state index in [2.05, 4.69) is 31.8 Å². The molecule has 0 aromatic carbocycles. The molecule has 0 aromatic heterocycles. The van der Waals surface area contributed by atoms with E-state index in [4.69, 9.17) is 0 Å².